The molecule has 0 aromatic heterocycles. The summed E-state index contributed by atoms with van der Waals surface area (Å²) in [4.78, 5) is -0.451. The van der Waals surface area contributed by atoms with Gasteiger partial charge in [0.1, 0.15) is 0 Å². The predicted molar refractivity (Wildman–Crippen MR) is 78.9 cm³/mol. The first kappa shape index (κ1) is 18.1. The molecule has 0 aliphatic rings. The normalized spacial score (nSPS) is 13.6. The zero-order valence-corrected chi connectivity index (χ0v) is 13.0. The molecule has 0 saturated carbocycles. The minimum atomic E-state index is -4.73. The highest BCUT2D eigenvalue weighted by atomic mass is 32.2. The number of halogens is 5. The van der Waals surface area contributed by atoms with Gasteiger partial charge in [-0.05, 0) is 31.2 Å². The molecule has 0 N–H and O–H groups in total. The molecule has 0 atom stereocenters. The van der Waals surface area contributed by atoms with Crippen molar-refractivity contribution >= 4 is 15.7 Å². The van der Waals surface area contributed by atoms with E-state index in [-0.39, 0.29) is 0 Å². The average molecular weight is 362 g/mol. The van der Waals surface area contributed by atoms with Crippen molar-refractivity contribution in [3.63, 3.8) is 0 Å². The Morgan fingerprint density at radius 3 is 1.83 bits per heavy atom. The Bertz CT molecular complexity index is 864. The third-order valence-corrected chi connectivity index (χ3v) is 4.75. The molecule has 0 aliphatic carbocycles. The van der Waals surface area contributed by atoms with Crippen molar-refractivity contribution in [1.29, 1.82) is 0 Å². The van der Waals surface area contributed by atoms with E-state index in [0.717, 1.165) is 17.7 Å². The molecule has 128 valence electrons. The van der Waals surface area contributed by atoms with Gasteiger partial charge in [-0.1, -0.05) is 29.8 Å². The molecule has 2 rings (SSSR count). The van der Waals surface area contributed by atoms with Crippen molar-refractivity contribution in [3.8, 4) is 0 Å². The second-order valence-corrected chi connectivity index (χ2v) is 6.82. The van der Waals surface area contributed by atoms with Crippen molar-refractivity contribution in [2.75, 3.05) is 0 Å². The van der Waals surface area contributed by atoms with Gasteiger partial charge in [-0.25, -0.2) is 12.8 Å². The molecular weight excluding hydrogens is 351 g/mol. The van der Waals surface area contributed by atoms with Crippen molar-refractivity contribution in [2.45, 2.75) is 18.0 Å². The zero-order chi connectivity index (χ0) is 18.1. The van der Waals surface area contributed by atoms with E-state index in [9.17, 15) is 30.4 Å². The summed E-state index contributed by atoms with van der Waals surface area (Å²) < 4.78 is 89.5. The van der Waals surface area contributed by atoms with Gasteiger partial charge >= 0.3 is 6.18 Å². The van der Waals surface area contributed by atoms with Gasteiger partial charge in [0, 0.05) is 5.56 Å². The highest BCUT2D eigenvalue weighted by molar-refractivity contribution is 7.95. The van der Waals surface area contributed by atoms with Crippen LogP contribution in [0.15, 0.2) is 58.6 Å². The van der Waals surface area contributed by atoms with Crippen molar-refractivity contribution in [1.82, 2.24) is 0 Å². The summed E-state index contributed by atoms with van der Waals surface area (Å²) in [5, 5.41) is -2.05. The van der Waals surface area contributed by atoms with E-state index >= 15 is 0 Å². The maximum Gasteiger partial charge on any atom is 0.416 e. The minimum absolute atomic E-state index is 0.451. The number of sulfone groups is 1. The summed E-state index contributed by atoms with van der Waals surface area (Å²) in [6.45, 7) is 1.69. The molecule has 0 amide bonds. The molecule has 0 fully saturated rings. The topological polar surface area (TPSA) is 34.1 Å². The summed E-state index contributed by atoms with van der Waals surface area (Å²) in [6, 6.07) is 7.48. The highest BCUT2D eigenvalue weighted by Gasteiger charge is 2.31. The molecule has 0 heterocycles. The second kappa shape index (κ2) is 6.35. The molecule has 8 heteroatoms. The van der Waals surface area contributed by atoms with E-state index in [4.69, 9.17) is 0 Å². The first-order valence-corrected chi connectivity index (χ1v) is 8.06. The lowest BCUT2D eigenvalue weighted by molar-refractivity contribution is -0.137. The van der Waals surface area contributed by atoms with Crippen LogP contribution in [0.3, 0.4) is 0 Å². The molecule has 2 aromatic rings. The summed E-state index contributed by atoms with van der Waals surface area (Å²) in [5.74, 6) is -1.75. The standard InChI is InChI=1S/C16H11F5O2S/c1-10-2-8-13(9-3-10)24(22,23)15(18)14(17)11-4-6-12(7-5-11)16(19,20)21/h2-9H,1H3/b15-14-. The maximum absolute atomic E-state index is 14.1. The van der Waals surface area contributed by atoms with Crippen LogP contribution >= 0.6 is 0 Å². The lowest BCUT2D eigenvalue weighted by atomic mass is 10.1. The van der Waals surface area contributed by atoms with Crippen molar-refractivity contribution in [3.05, 3.63) is 70.4 Å². The van der Waals surface area contributed by atoms with E-state index < -0.39 is 43.0 Å². The Hall–Kier alpha value is -2.22. The lowest BCUT2D eigenvalue weighted by Gasteiger charge is -2.08. The van der Waals surface area contributed by atoms with E-state index in [1.165, 1.54) is 12.1 Å². The molecule has 0 aliphatic heterocycles. The maximum atomic E-state index is 14.1. The Morgan fingerprint density at radius 1 is 0.875 bits per heavy atom. The second-order valence-electron chi connectivity index (χ2n) is 4.98. The number of aryl methyl sites for hydroxylation is 1. The van der Waals surface area contributed by atoms with E-state index in [1.807, 2.05) is 0 Å². The molecule has 0 radical (unpaired) electrons. The van der Waals surface area contributed by atoms with Gasteiger partial charge in [0.05, 0.1) is 10.5 Å². The Labute approximate surface area is 135 Å². The van der Waals surface area contributed by atoms with E-state index in [1.54, 1.807) is 6.92 Å². The Morgan fingerprint density at radius 2 is 1.38 bits per heavy atom. The van der Waals surface area contributed by atoms with Gasteiger partial charge in [0.2, 0.25) is 9.84 Å². The largest absolute Gasteiger partial charge is 0.416 e. The Balaban J connectivity index is 2.45. The van der Waals surface area contributed by atoms with E-state index in [2.05, 4.69) is 0 Å². The molecule has 0 spiro atoms. The van der Waals surface area contributed by atoms with Gasteiger partial charge in [0.25, 0.3) is 5.16 Å². The average Bonchev–Trinajstić information content (AvgIpc) is 2.53. The molecular formula is C16H11F5O2S. The van der Waals surface area contributed by atoms with Crippen LogP contribution in [-0.2, 0) is 16.0 Å². The van der Waals surface area contributed by atoms with Crippen LogP contribution in [0.4, 0.5) is 22.0 Å². The number of rotatable bonds is 3. The van der Waals surface area contributed by atoms with Gasteiger partial charge in [-0.15, -0.1) is 0 Å². The third kappa shape index (κ3) is 3.64. The van der Waals surface area contributed by atoms with Crippen LogP contribution in [0.5, 0.6) is 0 Å². The number of benzene rings is 2. The van der Waals surface area contributed by atoms with Crippen LogP contribution in [0.2, 0.25) is 0 Å². The van der Waals surface area contributed by atoms with Gasteiger partial charge in [-0.3, -0.25) is 0 Å². The fraction of sp³-hybridized carbons (Fsp3) is 0.125. The predicted octanol–water partition coefficient (Wildman–Crippen LogP) is 5.05. The fourth-order valence-corrected chi connectivity index (χ4v) is 2.91. The van der Waals surface area contributed by atoms with Crippen LogP contribution in [0.25, 0.3) is 5.83 Å². The summed E-state index contributed by atoms with van der Waals surface area (Å²) in [5.41, 5.74) is -0.932. The van der Waals surface area contributed by atoms with Crippen LogP contribution in [0, 0.1) is 6.92 Å². The zero-order valence-electron chi connectivity index (χ0n) is 12.2. The number of alkyl halides is 3. The fourth-order valence-electron chi connectivity index (χ4n) is 1.86. The molecule has 0 unspecified atom stereocenters. The van der Waals surface area contributed by atoms with Crippen molar-refractivity contribution < 1.29 is 30.4 Å². The SMILES string of the molecule is Cc1ccc(S(=O)(=O)/C(F)=C(\F)c2ccc(C(F)(F)F)cc2)cc1. The summed E-state index contributed by atoms with van der Waals surface area (Å²) in [7, 11) is -4.73. The van der Waals surface area contributed by atoms with Gasteiger partial charge < -0.3 is 0 Å². The van der Waals surface area contributed by atoms with Crippen LogP contribution in [0.1, 0.15) is 16.7 Å². The first-order chi connectivity index (χ1) is 11.0. The smallest absolute Gasteiger partial charge is 0.216 e. The lowest BCUT2D eigenvalue weighted by Crippen LogP contribution is -2.05. The van der Waals surface area contributed by atoms with E-state index in [0.29, 0.717) is 24.3 Å². The minimum Gasteiger partial charge on any atom is -0.216 e. The molecule has 2 aromatic carbocycles. The molecule has 0 bridgehead atoms. The quantitative estimate of drug-likeness (QED) is 0.716. The number of hydrogen-bond acceptors (Lipinski definition) is 2. The van der Waals surface area contributed by atoms with Crippen molar-refractivity contribution in [2.24, 2.45) is 0 Å². The molecule has 24 heavy (non-hydrogen) atoms. The first-order valence-electron chi connectivity index (χ1n) is 6.58. The summed E-state index contributed by atoms with van der Waals surface area (Å²) in [6.07, 6.45) is -4.63. The third-order valence-electron chi connectivity index (χ3n) is 3.21. The monoisotopic (exact) mass is 362 g/mol. The van der Waals surface area contributed by atoms with Gasteiger partial charge in [-0.2, -0.15) is 17.6 Å². The Kier molecular flexibility index (Phi) is 4.80. The highest BCUT2D eigenvalue weighted by Crippen LogP contribution is 2.33. The van der Waals surface area contributed by atoms with Crippen LogP contribution < -0.4 is 0 Å². The molecule has 0 saturated heterocycles. The summed E-state index contributed by atoms with van der Waals surface area (Å²) >= 11 is 0. The van der Waals surface area contributed by atoms with Gasteiger partial charge in [0.15, 0.2) is 5.83 Å². The number of hydrogen-bond donors (Lipinski definition) is 0. The van der Waals surface area contributed by atoms with Crippen LogP contribution in [-0.4, -0.2) is 8.42 Å². The molecule has 2 nitrogen and oxygen atoms in total.